The highest BCUT2D eigenvalue weighted by atomic mass is 35.5. The third-order valence-corrected chi connectivity index (χ3v) is 5.83. The molecular weight excluding hydrogens is 477 g/mol. The van der Waals surface area contributed by atoms with Gasteiger partial charge in [0.2, 0.25) is 11.8 Å². The van der Waals surface area contributed by atoms with Crippen LogP contribution in [0.3, 0.4) is 0 Å². The molecule has 1 unspecified atom stereocenters. The average molecular weight is 503 g/mol. The van der Waals surface area contributed by atoms with Gasteiger partial charge in [-0.3, -0.25) is 9.59 Å². The second-order valence-electron chi connectivity index (χ2n) is 6.45. The first-order valence-corrected chi connectivity index (χ1v) is 10.6. The summed E-state index contributed by atoms with van der Waals surface area (Å²) in [5.74, 6) is -0.133. The van der Waals surface area contributed by atoms with Gasteiger partial charge in [0.25, 0.3) is 0 Å². The van der Waals surface area contributed by atoms with Gasteiger partial charge in [0.05, 0.1) is 27.8 Å². The molecule has 0 aliphatic carbocycles. The zero-order valence-corrected chi connectivity index (χ0v) is 19.8. The number of thiazole rings is 2. The molecule has 3 heterocycles. The molecule has 1 aliphatic rings. The molecule has 3 rings (SSSR count). The number of nitrogens with zero attached hydrogens (tertiary/aromatic N) is 2. The van der Waals surface area contributed by atoms with Crippen LogP contribution < -0.4 is 16.0 Å². The Hall–Kier alpha value is -0.970. The zero-order valence-electron chi connectivity index (χ0n) is 15.7. The number of amides is 2. The van der Waals surface area contributed by atoms with Crippen LogP contribution in [0.5, 0.6) is 0 Å². The molecule has 3 N–H and O–H groups in total. The number of nitrogens with one attached hydrogen (secondary N) is 3. The Labute approximate surface area is 197 Å². The highest BCUT2D eigenvalue weighted by Crippen LogP contribution is 2.30. The number of carbonyl (C=O) groups is 2. The van der Waals surface area contributed by atoms with Gasteiger partial charge >= 0.3 is 0 Å². The lowest BCUT2D eigenvalue weighted by Crippen LogP contribution is -2.46. The van der Waals surface area contributed by atoms with Crippen molar-refractivity contribution < 1.29 is 9.59 Å². The summed E-state index contributed by atoms with van der Waals surface area (Å²) in [6.45, 7) is 2.37. The first-order chi connectivity index (χ1) is 12.7. The lowest BCUT2D eigenvalue weighted by atomic mass is 9.82. The summed E-state index contributed by atoms with van der Waals surface area (Å²) in [4.78, 5) is 33.5. The Morgan fingerprint density at radius 1 is 1.00 bits per heavy atom. The predicted octanol–water partition coefficient (Wildman–Crippen LogP) is 2.25. The van der Waals surface area contributed by atoms with Crippen LogP contribution in [0.2, 0.25) is 0 Å². The van der Waals surface area contributed by atoms with E-state index in [4.69, 9.17) is 0 Å². The van der Waals surface area contributed by atoms with Gasteiger partial charge in [-0.2, -0.15) is 0 Å². The fourth-order valence-electron chi connectivity index (χ4n) is 3.08. The molecular formula is C17H26Cl3N5O2S2. The van der Waals surface area contributed by atoms with Crippen molar-refractivity contribution in [1.29, 1.82) is 0 Å². The largest absolute Gasteiger partial charge is 0.356 e. The topological polar surface area (TPSA) is 96.0 Å². The van der Waals surface area contributed by atoms with Crippen LogP contribution in [0.25, 0.3) is 0 Å². The zero-order chi connectivity index (χ0) is 18.2. The van der Waals surface area contributed by atoms with Gasteiger partial charge in [0, 0.05) is 49.7 Å². The van der Waals surface area contributed by atoms with E-state index in [-0.39, 0.29) is 55.5 Å². The van der Waals surface area contributed by atoms with Crippen molar-refractivity contribution in [3.8, 4) is 0 Å². The van der Waals surface area contributed by atoms with Crippen molar-refractivity contribution in [3.05, 3.63) is 33.2 Å². The number of halogens is 3. The van der Waals surface area contributed by atoms with E-state index in [1.807, 2.05) is 10.8 Å². The first-order valence-electron chi connectivity index (χ1n) is 8.68. The van der Waals surface area contributed by atoms with Crippen LogP contribution in [-0.2, 0) is 22.4 Å². The molecule has 2 amide bonds. The molecule has 29 heavy (non-hydrogen) atoms. The van der Waals surface area contributed by atoms with Crippen molar-refractivity contribution in [1.82, 2.24) is 25.9 Å². The molecule has 1 atom stereocenters. The minimum Gasteiger partial charge on any atom is -0.356 e. The van der Waals surface area contributed by atoms with Gasteiger partial charge in [0.15, 0.2) is 0 Å². The predicted molar refractivity (Wildman–Crippen MR) is 124 cm³/mol. The normalized spacial score (nSPS) is 17.4. The van der Waals surface area contributed by atoms with E-state index in [9.17, 15) is 9.59 Å². The quantitative estimate of drug-likeness (QED) is 0.489. The van der Waals surface area contributed by atoms with Crippen molar-refractivity contribution in [2.45, 2.75) is 25.7 Å². The monoisotopic (exact) mass is 501 g/mol. The number of carbonyl (C=O) groups excluding carboxylic acids is 2. The van der Waals surface area contributed by atoms with Crippen LogP contribution in [-0.4, -0.2) is 48.0 Å². The lowest BCUT2D eigenvalue weighted by molar-refractivity contribution is -0.135. The third kappa shape index (κ3) is 8.35. The molecule has 0 spiro atoms. The smallest absolute Gasteiger partial charge is 0.228 e. The van der Waals surface area contributed by atoms with E-state index in [0.29, 0.717) is 38.9 Å². The molecule has 0 radical (unpaired) electrons. The van der Waals surface area contributed by atoms with Crippen molar-refractivity contribution in [2.75, 3.05) is 26.2 Å². The Balaban J connectivity index is 0.00000261. The van der Waals surface area contributed by atoms with Gasteiger partial charge < -0.3 is 16.0 Å². The van der Waals surface area contributed by atoms with Crippen LogP contribution in [0.1, 0.15) is 24.2 Å². The summed E-state index contributed by atoms with van der Waals surface area (Å²) in [5, 5.41) is 13.1. The van der Waals surface area contributed by atoms with Gasteiger partial charge in [0.1, 0.15) is 0 Å². The van der Waals surface area contributed by atoms with Crippen LogP contribution in [0.15, 0.2) is 21.8 Å². The molecule has 7 nitrogen and oxygen atoms in total. The Morgan fingerprint density at radius 2 is 1.59 bits per heavy atom. The molecule has 0 aromatic carbocycles. The highest BCUT2D eigenvalue weighted by molar-refractivity contribution is 7.07. The third-order valence-electron chi connectivity index (χ3n) is 4.56. The SMILES string of the molecule is Cl.Cl.Cl.O=C(CC1(C(=O)NCCc2cscn2)CCNC1)NCCc1cscn1. The molecule has 2 aromatic heterocycles. The lowest BCUT2D eigenvalue weighted by Gasteiger charge is -2.26. The van der Waals surface area contributed by atoms with Crippen molar-refractivity contribution in [2.24, 2.45) is 5.41 Å². The van der Waals surface area contributed by atoms with Gasteiger partial charge in [-0.05, 0) is 13.0 Å². The average Bonchev–Trinajstić information content (AvgIpc) is 3.38. The molecule has 1 saturated heterocycles. The molecule has 1 aliphatic heterocycles. The van der Waals surface area contributed by atoms with Gasteiger partial charge in [-0.15, -0.1) is 59.9 Å². The first kappa shape index (κ1) is 28.0. The fourth-order valence-corrected chi connectivity index (χ4v) is 4.27. The summed E-state index contributed by atoms with van der Waals surface area (Å²) in [5.41, 5.74) is 4.87. The molecule has 164 valence electrons. The number of hydrogen-bond acceptors (Lipinski definition) is 7. The molecule has 1 fully saturated rings. The van der Waals surface area contributed by atoms with Crippen LogP contribution in [0, 0.1) is 5.41 Å². The summed E-state index contributed by atoms with van der Waals surface area (Å²) >= 11 is 3.09. The maximum Gasteiger partial charge on any atom is 0.228 e. The van der Waals surface area contributed by atoms with Crippen LogP contribution in [0.4, 0.5) is 0 Å². The Bertz CT molecular complexity index is 711. The Morgan fingerprint density at radius 3 is 2.07 bits per heavy atom. The number of rotatable bonds is 9. The highest BCUT2D eigenvalue weighted by Gasteiger charge is 2.42. The summed E-state index contributed by atoms with van der Waals surface area (Å²) in [6, 6.07) is 0. The maximum absolute atomic E-state index is 12.7. The van der Waals surface area contributed by atoms with E-state index < -0.39 is 5.41 Å². The van der Waals surface area contributed by atoms with Crippen molar-refractivity contribution in [3.63, 3.8) is 0 Å². The Kier molecular flexibility index (Phi) is 13.6. The van der Waals surface area contributed by atoms with Gasteiger partial charge in [-0.25, -0.2) is 9.97 Å². The molecule has 12 heteroatoms. The van der Waals surface area contributed by atoms with E-state index >= 15 is 0 Å². The van der Waals surface area contributed by atoms with Gasteiger partial charge in [-0.1, -0.05) is 0 Å². The number of hydrogen-bond donors (Lipinski definition) is 3. The number of aromatic nitrogens is 2. The molecule has 2 aromatic rings. The summed E-state index contributed by atoms with van der Waals surface area (Å²) in [7, 11) is 0. The van der Waals surface area contributed by atoms with Crippen molar-refractivity contribution >= 4 is 71.7 Å². The van der Waals surface area contributed by atoms with E-state index in [1.165, 1.54) is 0 Å². The second-order valence-corrected chi connectivity index (χ2v) is 7.89. The standard InChI is InChI=1S/C17H23N5O2S2.3ClH/c23-15(19-4-1-13-8-25-11-21-13)7-17(3-6-18-10-17)16(24)20-5-2-14-9-26-12-22-14;;;/h8-9,11-12,18H,1-7,10H2,(H,19,23)(H,20,24);3*1H. The maximum atomic E-state index is 12.7. The minimum absolute atomic E-state index is 0. The summed E-state index contributed by atoms with van der Waals surface area (Å²) in [6.07, 6.45) is 2.30. The van der Waals surface area contributed by atoms with E-state index in [0.717, 1.165) is 17.9 Å². The second kappa shape index (κ2) is 14.1. The minimum atomic E-state index is -0.660. The molecule has 0 saturated carbocycles. The fraction of sp³-hybridized carbons (Fsp3) is 0.529. The molecule has 0 bridgehead atoms. The summed E-state index contributed by atoms with van der Waals surface area (Å²) < 4.78 is 0. The van der Waals surface area contributed by atoms with Crippen LogP contribution >= 0.6 is 59.9 Å². The van der Waals surface area contributed by atoms with E-state index in [1.54, 1.807) is 33.7 Å². The van der Waals surface area contributed by atoms with E-state index in [2.05, 4.69) is 25.9 Å².